The normalized spacial score (nSPS) is 12.4. The highest BCUT2D eigenvalue weighted by Crippen LogP contribution is 2.10. The number of aliphatic hydroxyl groups is 1. The second-order valence-corrected chi connectivity index (χ2v) is 2.63. The first kappa shape index (κ1) is 9.47. The van der Waals surface area contributed by atoms with Gasteiger partial charge in [-0.2, -0.15) is 0 Å². The molecule has 0 saturated carbocycles. The molecule has 0 aliphatic heterocycles. The number of pyridine rings is 1. The minimum Gasteiger partial charge on any atom is -0.479 e. The van der Waals surface area contributed by atoms with Gasteiger partial charge in [0.1, 0.15) is 0 Å². The van der Waals surface area contributed by atoms with E-state index in [9.17, 15) is 4.79 Å². The van der Waals surface area contributed by atoms with Gasteiger partial charge >= 0.3 is 5.97 Å². The van der Waals surface area contributed by atoms with Crippen LogP contribution in [0.3, 0.4) is 0 Å². The van der Waals surface area contributed by atoms with Crippen LogP contribution >= 0.6 is 0 Å². The fraction of sp³-hybridized carbons (Fsp3) is 0.250. The number of aliphatic hydroxyl groups excluding tert-OH is 1. The smallest absolute Gasteiger partial charge is 0.332 e. The van der Waals surface area contributed by atoms with Gasteiger partial charge in [-0.25, -0.2) is 4.79 Å². The number of hydrogen-bond acceptors (Lipinski definition) is 4. The average molecular weight is 182 g/mol. The highest BCUT2D eigenvalue weighted by Gasteiger charge is 2.14. The molecule has 70 valence electrons. The predicted octanol–water partition coefficient (Wildman–Crippen LogP) is -0.348. The number of nitrogen functional groups attached to an aromatic ring is 1. The number of hydrogen-bond donors (Lipinski definition) is 3. The van der Waals surface area contributed by atoms with Crippen molar-refractivity contribution in [2.45, 2.75) is 12.5 Å². The van der Waals surface area contributed by atoms with Gasteiger partial charge in [-0.3, -0.25) is 4.98 Å². The van der Waals surface area contributed by atoms with E-state index in [-0.39, 0.29) is 6.42 Å². The lowest BCUT2D eigenvalue weighted by Crippen LogP contribution is -2.22. The molecule has 13 heavy (non-hydrogen) atoms. The number of rotatable bonds is 3. The van der Waals surface area contributed by atoms with Gasteiger partial charge in [-0.15, -0.1) is 0 Å². The summed E-state index contributed by atoms with van der Waals surface area (Å²) in [5, 5.41) is 17.4. The van der Waals surface area contributed by atoms with Gasteiger partial charge < -0.3 is 15.9 Å². The first-order chi connectivity index (χ1) is 6.11. The lowest BCUT2D eigenvalue weighted by molar-refractivity contribution is -0.146. The van der Waals surface area contributed by atoms with Crippen molar-refractivity contribution in [3.05, 3.63) is 24.0 Å². The number of aliphatic carboxylic acids is 1. The number of carbonyl (C=O) groups is 1. The molecule has 0 radical (unpaired) electrons. The summed E-state index contributed by atoms with van der Waals surface area (Å²) >= 11 is 0. The van der Waals surface area contributed by atoms with Crippen molar-refractivity contribution in [1.29, 1.82) is 0 Å². The number of carboxylic acid groups (broad SMARTS) is 1. The van der Waals surface area contributed by atoms with Gasteiger partial charge in [0.15, 0.2) is 6.10 Å². The Hall–Kier alpha value is -1.62. The molecule has 0 amide bonds. The first-order valence-corrected chi connectivity index (χ1v) is 3.70. The van der Waals surface area contributed by atoms with Crippen molar-refractivity contribution in [2.24, 2.45) is 0 Å². The maximum absolute atomic E-state index is 10.3. The highest BCUT2D eigenvalue weighted by molar-refractivity contribution is 5.72. The molecule has 1 heterocycles. The van der Waals surface area contributed by atoms with E-state index in [0.29, 0.717) is 11.3 Å². The Morgan fingerprint density at radius 2 is 2.38 bits per heavy atom. The molecule has 0 aliphatic rings. The van der Waals surface area contributed by atoms with Crippen LogP contribution in [0.1, 0.15) is 5.56 Å². The summed E-state index contributed by atoms with van der Waals surface area (Å²) in [6.45, 7) is 0. The van der Waals surface area contributed by atoms with Gasteiger partial charge in [0.05, 0.1) is 0 Å². The first-order valence-electron chi connectivity index (χ1n) is 3.70. The maximum atomic E-state index is 10.3. The van der Waals surface area contributed by atoms with Gasteiger partial charge in [0.25, 0.3) is 0 Å². The van der Waals surface area contributed by atoms with E-state index in [2.05, 4.69) is 4.98 Å². The minimum atomic E-state index is -1.42. The van der Waals surface area contributed by atoms with Gasteiger partial charge in [0, 0.05) is 24.5 Å². The van der Waals surface area contributed by atoms with Crippen molar-refractivity contribution in [2.75, 3.05) is 5.73 Å². The molecule has 4 N–H and O–H groups in total. The van der Waals surface area contributed by atoms with Crippen LogP contribution in [0.4, 0.5) is 5.69 Å². The molecule has 5 heteroatoms. The summed E-state index contributed by atoms with van der Waals surface area (Å²) in [4.78, 5) is 14.1. The summed E-state index contributed by atoms with van der Waals surface area (Å²) in [6, 6.07) is 1.56. The van der Waals surface area contributed by atoms with Crippen molar-refractivity contribution in [1.82, 2.24) is 4.98 Å². The Kier molecular flexibility index (Phi) is 2.81. The van der Waals surface area contributed by atoms with Crippen molar-refractivity contribution >= 4 is 11.7 Å². The molecule has 0 fully saturated rings. The quantitative estimate of drug-likeness (QED) is 0.593. The maximum Gasteiger partial charge on any atom is 0.332 e. The predicted molar refractivity (Wildman–Crippen MR) is 46.0 cm³/mol. The Morgan fingerprint density at radius 1 is 1.69 bits per heavy atom. The number of nitrogens with zero attached hydrogens (tertiary/aromatic N) is 1. The van der Waals surface area contributed by atoms with E-state index in [1.165, 1.54) is 12.4 Å². The monoisotopic (exact) mass is 182 g/mol. The van der Waals surface area contributed by atoms with Gasteiger partial charge in [-0.1, -0.05) is 0 Å². The number of aromatic nitrogens is 1. The molecule has 1 unspecified atom stereocenters. The van der Waals surface area contributed by atoms with Crippen LogP contribution in [-0.4, -0.2) is 27.3 Å². The molecule has 0 aromatic carbocycles. The van der Waals surface area contributed by atoms with Gasteiger partial charge in [0.2, 0.25) is 0 Å². The molecule has 1 rings (SSSR count). The van der Waals surface area contributed by atoms with Crippen LogP contribution < -0.4 is 5.73 Å². The number of nitrogens with two attached hydrogens (primary N) is 1. The second kappa shape index (κ2) is 3.86. The summed E-state index contributed by atoms with van der Waals surface area (Å²) in [5.41, 5.74) is 6.50. The van der Waals surface area contributed by atoms with E-state index in [4.69, 9.17) is 15.9 Å². The SMILES string of the molecule is Nc1ccncc1CC(O)C(=O)O. The topological polar surface area (TPSA) is 96.4 Å². The van der Waals surface area contributed by atoms with Crippen molar-refractivity contribution in [3.63, 3.8) is 0 Å². The van der Waals surface area contributed by atoms with Gasteiger partial charge in [-0.05, 0) is 11.6 Å². The number of anilines is 1. The van der Waals surface area contributed by atoms with Crippen LogP contribution in [-0.2, 0) is 11.2 Å². The second-order valence-electron chi connectivity index (χ2n) is 2.63. The minimum absolute atomic E-state index is 0.0188. The van der Waals surface area contributed by atoms with E-state index >= 15 is 0 Å². The molecule has 0 bridgehead atoms. The van der Waals surface area contributed by atoms with Crippen LogP contribution in [0.25, 0.3) is 0 Å². The lowest BCUT2D eigenvalue weighted by atomic mass is 10.1. The van der Waals surface area contributed by atoms with Crippen LogP contribution in [0, 0.1) is 0 Å². The van der Waals surface area contributed by atoms with Crippen LogP contribution in [0.2, 0.25) is 0 Å². The summed E-state index contributed by atoms with van der Waals surface area (Å²) in [6.07, 6.45) is 1.51. The Bertz CT molecular complexity index is 314. The Morgan fingerprint density at radius 3 is 2.92 bits per heavy atom. The molecule has 0 saturated heterocycles. The van der Waals surface area contributed by atoms with Crippen molar-refractivity contribution < 1.29 is 15.0 Å². The van der Waals surface area contributed by atoms with E-state index < -0.39 is 12.1 Å². The third-order valence-corrected chi connectivity index (χ3v) is 1.64. The molecular formula is C8H10N2O3. The molecule has 5 nitrogen and oxygen atoms in total. The lowest BCUT2D eigenvalue weighted by Gasteiger charge is -2.06. The fourth-order valence-electron chi connectivity index (χ4n) is 0.904. The third-order valence-electron chi connectivity index (χ3n) is 1.64. The summed E-state index contributed by atoms with van der Waals surface area (Å²) < 4.78 is 0. The van der Waals surface area contributed by atoms with Crippen LogP contribution in [0.5, 0.6) is 0 Å². The molecular weight excluding hydrogens is 172 g/mol. The summed E-state index contributed by atoms with van der Waals surface area (Å²) in [5.74, 6) is -1.26. The highest BCUT2D eigenvalue weighted by atomic mass is 16.4. The van der Waals surface area contributed by atoms with E-state index in [1.54, 1.807) is 6.07 Å². The molecule has 1 aromatic rings. The Balaban J connectivity index is 2.74. The standard InChI is InChI=1S/C8H10N2O3/c9-6-1-2-10-4-5(6)3-7(11)8(12)13/h1-2,4,7,11H,3H2,(H2,9,10)(H,12,13). The van der Waals surface area contributed by atoms with E-state index in [0.717, 1.165) is 0 Å². The average Bonchev–Trinajstić information content (AvgIpc) is 2.08. The molecule has 0 spiro atoms. The Labute approximate surface area is 74.8 Å². The summed E-state index contributed by atoms with van der Waals surface area (Å²) in [7, 11) is 0. The number of carboxylic acids is 1. The molecule has 1 atom stereocenters. The molecule has 1 aromatic heterocycles. The van der Waals surface area contributed by atoms with E-state index in [1.807, 2.05) is 0 Å². The fourth-order valence-corrected chi connectivity index (χ4v) is 0.904. The zero-order valence-corrected chi connectivity index (χ0v) is 6.84. The van der Waals surface area contributed by atoms with Crippen molar-refractivity contribution in [3.8, 4) is 0 Å². The molecule has 0 aliphatic carbocycles. The van der Waals surface area contributed by atoms with Crippen LogP contribution in [0.15, 0.2) is 18.5 Å². The third kappa shape index (κ3) is 2.41. The largest absolute Gasteiger partial charge is 0.479 e. The zero-order valence-electron chi connectivity index (χ0n) is 6.84. The zero-order chi connectivity index (χ0) is 9.84.